The number of para-hydroxylation sites is 1. The van der Waals surface area contributed by atoms with Crippen LogP contribution in [0.15, 0.2) is 23.0 Å². The molecule has 1 unspecified atom stereocenters. The Labute approximate surface area is 113 Å². The second-order valence-corrected chi connectivity index (χ2v) is 5.78. The molecule has 3 rings (SSSR count). The Morgan fingerprint density at radius 1 is 1.42 bits per heavy atom. The van der Waals surface area contributed by atoms with E-state index in [1.807, 2.05) is 16.7 Å². The number of aromatic nitrogens is 2. The molecule has 2 aromatic rings. The van der Waals surface area contributed by atoms with Crippen molar-refractivity contribution < 1.29 is 0 Å². The summed E-state index contributed by atoms with van der Waals surface area (Å²) in [5, 5.41) is 0. The Hall–Kier alpha value is -1.55. The molecule has 102 valence electrons. The van der Waals surface area contributed by atoms with Crippen LogP contribution in [0.5, 0.6) is 0 Å². The van der Waals surface area contributed by atoms with Crippen LogP contribution in [0.4, 0.5) is 0 Å². The van der Waals surface area contributed by atoms with Gasteiger partial charge in [-0.1, -0.05) is 12.1 Å². The highest BCUT2D eigenvalue weighted by molar-refractivity contribution is 5.78. The predicted molar refractivity (Wildman–Crippen MR) is 77.5 cm³/mol. The molecular formula is C15H21N3O. The van der Waals surface area contributed by atoms with Crippen LogP contribution < -0.4 is 5.69 Å². The van der Waals surface area contributed by atoms with Crippen molar-refractivity contribution in [3.05, 3.63) is 34.2 Å². The molecule has 1 saturated heterocycles. The monoisotopic (exact) mass is 259 g/mol. The molecule has 1 aliphatic heterocycles. The van der Waals surface area contributed by atoms with E-state index in [0.29, 0.717) is 5.92 Å². The van der Waals surface area contributed by atoms with E-state index in [1.54, 1.807) is 0 Å². The molecular weight excluding hydrogens is 238 g/mol. The van der Waals surface area contributed by atoms with E-state index < -0.39 is 0 Å². The number of fused-ring (bicyclic) bond motifs is 1. The molecule has 2 heterocycles. The van der Waals surface area contributed by atoms with Crippen LogP contribution in [-0.2, 0) is 6.54 Å². The molecule has 0 amide bonds. The number of aryl methyl sites for hydroxylation is 1. The third-order valence-electron chi connectivity index (χ3n) is 4.16. The molecule has 0 radical (unpaired) electrons. The summed E-state index contributed by atoms with van der Waals surface area (Å²) in [6.45, 7) is 5.16. The number of benzene rings is 1. The van der Waals surface area contributed by atoms with Crippen molar-refractivity contribution in [3.63, 3.8) is 0 Å². The molecule has 4 nitrogen and oxygen atoms in total. The van der Waals surface area contributed by atoms with Gasteiger partial charge >= 0.3 is 5.69 Å². The van der Waals surface area contributed by atoms with E-state index in [9.17, 15) is 4.79 Å². The summed E-state index contributed by atoms with van der Waals surface area (Å²) in [6, 6.07) is 6.04. The minimum Gasteiger partial charge on any atom is -0.306 e. The minimum absolute atomic E-state index is 0.0255. The minimum atomic E-state index is 0.0255. The van der Waals surface area contributed by atoms with Gasteiger partial charge in [-0.15, -0.1) is 0 Å². The highest BCUT2D eigenvalue weighted by Crippen LogP contribution is 2.20. The van der Waals surface area contributed by atoms with Gasteiger partial charge in [-0.3, -0.25) is 4.57 Å². The summed E-state index contributed by atoms with van der Waals surface area (Å²) in [5.41, 5.74) is 3.22. The van der Waals surface area contributed by atoms with Gasteiger partial charge in [0.1, 0.15) is 0 Å². The van der Waals surface area contributed by atoms with Crippen LogP contribution in [-0.4, -0.2) is 34.6 Å². The number of H-pyrrole nitrogens is 1. The van der Waals surface area contributed by atoms with Crippen LogP contribution >= 0.6 is 0 Å². The van der Waals surface area contributed by atoms with Gasteiger partial charge in [-0.2, -0.15) is 0 Å². The van der Waals surface area contributed by atoms with Gasteiger partial charge in [0.15, 0.2) is 0 Å². The summed E-state index contributed by atoms with van der Waals surface area (Å²) in [7, 11) is 2.16. The number of rotatable bonds is 2. The number of likely N-dealkylation sites (tertiary alicyclic amines) is 1. The van der Waals surface area contributed by atoms with E-state index in [0.717, 1.165) is 24.1 Å². The SMILES string of the molecule is Cc1cccc2[nH]c(=O)n(CC3CCCN(C)C3)c12. The second kappa shape index (κ2) is 4.85. The Kier molecular flexibility index (Phi) is 3.19. The third kappa shape index (κ3) is 2.32. The first-order valence-electron chi connectivity index (χ1n) is 7.02. The van der Waals surface area contributed by atoms with E-state index in [1.165, 1.54) is 24.9 Å². The van der Waals surface area contributed by atoms with E-state index in [4.69, 9.17) is 0 Å². The van der Waals surface area contributed by atoms with E-state index >= 15 is 0 Å². The van der Waals surface area contributed by atoms with Gasteiger partial charge in [0.2, 0.25) is 0 Å². The van der Waals surface area contributed by atoms with Gasteiger partial charge in [-0.25, -0.2) is 4.79 Å². The van der Waals surface area contributed by atoms with Crippen LogP contribution in [0, 0.1) is 12.8 Å². The molecule has 1 aromatic heterocycles. The molecule has 1 aromatic carbocycles. The maximum atomic E-state index is 12.1. The zero-order valence-corrected chi connectivity index (χ0v) is 11.6. The number of hydrogen-bond acceptors (Lipinski definition) is 2. The van der Waals surface area contributed by atoms with E-state index in [2.05, 4.69) is 29.9 Å². The number of nitrogens with zero attached hydrogens (tertiary/aromatic N) is 2. The fourth-order valence-electron chi connectivity index (χ4n) is 3.26. The normalized spacial score (nSPS) is 21.1. The standard InChI is InChI=1S/C15H21N3O/c1-11-5-3-7-13-14(11)18(15(19)16-13)10-12-6-4-8-17(2)9-12/h3,5,7,12H,4,6,8-10H2,1-2H3,(H,16,19). The van der Waals surface area contributed by atoms with Gasteiger partial charge in [-0.05, 0) is 50.9 Å². The maximum Gasteiger partial charge on any atom is 0.326 e. The second-order valence-electron chi connectivity index (χ2n) is 5.78. The fourth-order valence-corrected chi connectivity index (χ4v) is 3.26. The molecule has 19 heavy (non-hydrogen) atoms. The highest BCUT2D eigenvalue weighted by atomic mass is 16.1. The summed E-state index contributed by atoms with van der Waals surface area (Å²) in [4.78, 5) is 17.5. The number of piperidine rings is 1. The average Bonchev–Trinajstić information content (AvgIpc) is 2.67. The Balaban J connectivity index is 1.96. The number of imidazole rings is 1. The smallest absolute Gasteiger partial charge is 0.306 e. The van der Waals surface area contributed by atoms with Gasteiger partial charge in [0.25, 0.3) is 0 Å². The largest absolute Gasteiger partial charge is 0.326 e. The molecule has 1 atom stereocenters. The van der Waals surface area contributed by atoms with Crippen LogP contribution in [0.3, 0.4) is 0 Å². The lowest BCUT2D eigenvalue weighted by atomic mass is 9.98. The highest BCUT2D eigenvalue weighted by Gasteiger charge is 2.19. The average molecular weight is 259 g/mol. The summed E-state index contributed by atoms with van der Waals surface area (Å²) in [5.74, 6) is 0.579. The van der Waals surface area contributed by atoms with Gasteiger partial charge < -0.3 is 9.88 Å². The van der Waals surface area contributed by atoms with Crippen LogP contribution in [0.25, 0.3) is 11.0 Å². The van der Waals surface area contributed by atoms with Crippen molar-refractivity contribution in [2.24, 2.45) is 5.92 Å². The molecule has 0 spiro atoms. The Morgan fingerprint density at radius 3 is 3.05 bits per heavy atom. The topological polar surface area (TPSA) is 41.0 Å². The van der Waals surface area contributed by atoms with Gasteiger partial charge in [0.05, 0.1) is 11.0 Å². The van der Waals surface area contributed by atoms with Gasteiger partial charge in [0, 0.05) is 13.1 Å². The quantitative estimate of drug-likeness (QED) is 0.896. The van der Waals surface area contributed by atoms with Crippen molar-refractivity contribution in [1.29, 1.82) is 0 Å². The maximum absolute atomic E-state index is 12.1. The summed E-state index contributed by atoms with van der Waals surface area (Å²) >= 11 is 0. The van der Waals surface area contributed by atoms with E-state index in [-0.39, 0.29) is 5.69 Å². The number of aromatic amines is 1. The number of hydrogen-bond donors (Lipinski definition) is 1. The molecule has 1 fully saturated rings. The zero-order valence-electron chi connectivity index (χ0n) is 11.6. The van der Waals surface area contributed by atoms with Crippen molar-refractivity contribution in [2.45, 2.75) is 26.3 Å². The lowest BCUT2D eigenvalue weighted by Gasteiger charge is -2.29. The van der Waals surface area contributed by atoms with Crippen LogP contribution in [0.1, 0.15) is 18.4 Å². The summed E-state index contributed by atoms with van der Waals surface area (Å²) < 4.78 is 1.93. The molecule has 0 saturated carbocycles. The lowest BCUT2D eigenvalue weighted by Crippen LogP contribution is -2.35. The third-order valence-corrected chi connectivity index (χ3v) is 4.16. The lowest BCUT2D eigenvalue weighted by molar-refractivity contribution is 0.194. The first kappa shape index (κ1) is 12.5. The predicted octanol–water partition coefficient (Wildman–Crippen LogP) is 1.98. The van der Waals surface area contributed by atoms with Crippen molar-refractivity contribution in [3.8, 4) is 0 Å². The number of nitrogens with one attached hydrogen (secondary N) is 1. The summed E-state index contributed by atoms with van der Waals surface area (Å²) in [6.07, 6.45) is 2.45. The molecule has 0 aliphatic carbocycles. The van der Waals surface area contributed by atoms with Crippen molar-refractivity contribution in [1.82, 2.24) is 14.5 Å². The molecule has 1 aliphatic rings. The Bertz CT molecular complexity index is 640. The fraction of sp³-hybridized carbons (Fsp3) is 0.533. The van der Waals surface area contributed by atoms with Crippen molar-refractivity contribution in [2.75, 3.05) is 20.1 Å². The first-order valence-corrected chi connectivity index (χ1v) is 7.02. The van der Waals surface area contributed by atoms with Crippen molar-refractivity contribution >= 4 is 11.0 Å². The molecule has 0 bridgehead atoms. The zero-order chi connectivity index (χ0) is 13.4. The van der Waals surface area contributed by atoms with Crippen LogP contribution in [0.2, 0.25) is 0 Å². The molecule has 1 N–H and O–H groups in total. The Morgan fingerprint density at radius 2 is 2.26 bits per heavy atom. The molecule has 4 heteroatoms. The first-order chi connectivity index (χ1) is 9.15.